The van der Waals surface area contributed by atoms with E-state index in [0.29, 0.717) is 0 Å². The lowest BCUT2D eigenvalue weighted by Gasteiger charge is -1.99. The number of rotatable bonds is 1. The Balaban J connectivity index is 2.29. The smallest absolute Gasteiger partial charge is 0.285 e. The summed E-state index contributed by atoms with van der Waals surface area (Å²) in [4.78, 5) is 5.64. The molecule has 0 fully saturated rings. The molecule has 0 amide bonds. The van der Waals surface area contributed by atoms with Crippen molar-refractivity contribution in [3.63, 3.8) is 0 Å². The molecule has 2 heterocycles. The minimum Gasteiger partial charge on any atom is -0.822 e. The van der Waals surface area contributed by atoms with Crippen LogP contribution in [0.5, 0.6) is 5.88 Å². The van der Waals surface area contributed by atoms with Gasteiger partial charge in [0.1, 0.15) is 6.20 Å². The van der Waals surface area contributed by atoms with Gasteiger partial charge in [-0.2, -0.15) is 4.40 Å². The lowest BCUT2D eigenvalue weighted by Crippen LogP contribution is -2.23. The lowest BCUT2D eigenvalue weighted by atomic mass is 10.2. The molecule has 3 rings (SSSR count). The first-order valence-corrected chi connectivity index (χ1v) is 5.68. The van der Waals surface area contributed by atoms with Crippen LogP contribution in [0.15, 0.2) is 48.9 Å². The van der Waals surface area contributed by atoms with Crippen LogP contribution in [0.1, 0.15) is 0 Å². The fourth-order valence-electron chi connectivity index (χ4n) is 1.62. The number of fused-ring (bicyclic) bond motifs is 1. The van der Waals surface area contributed by atoms with E-state index in [2.05, 4.69) is 4.98 Å². The number of benzene rings is 1. The monoisotopic (exact) mass is 228 g/mol. The number of hydrogen-bond acceptors (Lipinski definition) is 3. The third-order valence-corrected chi connectivity index (χ3v) is 3.51. The standard InChI is InChI=1S/C12H8N2OS/c15-12-11(9-4-2-1-3-5-9)16-10-8-13-6-7-14(10)12/h1-8H. The van der Waals surface area contributed by atoms with Gasteiger partial charge in [0.25, 0.3) is 4.83 Å². The summed E-state index contributed by atoms with van der Waals surface area (Å²) in [6.07, 6.45) is 5.02. The quantitative estimate of drug-likeness (QED) is 0.594. The fourth-order valence-corrected chi connectivity index (χ4v) is 2.62. The summed E-state index contributed by atoms with van der Waals surface area (Å²) in [6, 6.07) is 9.69. The van der Waals surface area contributed by atoms with Gasteiger partial charge in [-0.1, -0.05) is 41.7 Å². The normalized spacial score (nSPS) is 10.8. The van der Waals surface area contributed by atoms with Gasteiger partial charge in [-0.05, 0) is 5.56 Å². The molecule has 78 valence electrons. The van der Waals surface area contributed by atoms with Gasteiger partial charge in [0, 0.05) is 0 Å². The summed E-state index contributed by atoms with van der Waals surface area (Å²) in [5, 5.41) is 12.1. The third-order valence-electron chi connectivity index (χ3n) is 2.38. The van der Waals surface area contributed by atoms with Crippen LogP contribution in [0, 0.1) is 0 Å². The van der Waals surface area contributed by atoms with Crippen molar-refractivity contribution in [2.75, 3.05) is 0 Å². The van der Waals surface area contributed by atoms with E-state index >= 15 is 0 Å². The Hall–Kier alpha value is -1.94. The molecule has 4 heteroatoms. The lowest BCUT2D eigenvalue weighted by molar-refractivity contribution is -0.580. The zero-order valence-electron chi connectivity index (χ0n) is 8.33. The molecule has 0 saturated carbocycles. The highest BCUT2D eigenvalue weighted by Gasteiger charge is 2.14. The molecule has 0 bridgehead atoms. The van der Waals surface area contributed by atoms with E-state index in [1.807, 2.05) is 30.3 Å². The molecule has 0 radical (unpaired) electrons. The van der Waals surface area contributed by atoms with Gasteiger partial charge in [0.2, 0.25) is 0 Å². The second-order valence-corrected chi connectivity index (χ2v) is 4.42. The van der Waals surface area contributed by atoms with Crippen molar-refractivity contribution in [1.29, 1.82) is 0 Å². The third kappa shape index (κ3) is 1.35. The van der Waals surface area contributed by atoms with Crippen molar-refractivity contribution < 1.29 is 9.51 Å². The van der Waals surface area contributed by atoms with E-state index in [0.717, 1.165) is 15.3 Å². The van der Waals surface area contributed by atoms with E-state index < -0.39 is 0 Å². The van der Waals surface area contributed by atoms with E-state index in [1.54, 1.807) is 23.0 Å². The summed E-state index contributed by atoms with van der Waals surface area (Å²) in [6.45, 7) is 0. The zero-order chi connectivity index (χ0) is 11.0. The summed E-state index contributed by atoms with van der Waals surface area (Å²) in [5.41, 5.74) is 0.959. The number of thiazole rings is 1. The van der Waals surface area contributed by atoms with Crippen molar-refractivity contribution >= 4 is 16.2 Å². The minimum absolute atomic E-state index is 0.0219. The van der Waals surface area contributed by atoms with Gasteiger partial charge in [-0.3, -0.25) is 4.98 Å². The molecule has 3 aromatic rings. The van der Waals surface area contributed by atoms with E-state index in [4.69, 9.17) is 0 Å². The molecule has 0 N–H and O–H groups in total. The first-order valence-electron chi connectivity index (χ1n) is 4.87. The van der Waals surface area contributed by atoms with Gasteiger partial charge in [-0.25, -0.2) is 0 Å². The summed E-state index contributed by atoms with van der Waals surface area (Å²) in [5.74, 6) is 0.0219. The highest BCUT2D eigenvalue weighted by Crippen LogP contribution is 2.31. The van der Waals surface area contributed by atoms with Crippen molar-refractivity contribution in [3.05, 3.63) is 48.9 Å². The number of nitrogens with zero attached hydrogens (tertiary/aromatic N) is 2. The van der Waals surface area contributed by atoms with Crippen molar-refractivity contribution in [1.82, 2.24) is 4.98 Å². The van der Waals surface area contributed by atoms with Crippen LogP contribution in [-0.2, 0) is 0 Å². The van der Waals surface area contributed by atoms with Gasteiger partial charge < -0.3 is 5.11 Å². The molecule has 2 aromatic heterocycles. The minimum atomic E-state index is 0.0219. The molecular weight excluding hydrogens is 220 g/mol. The predicted octanol–water partition coefficient (Wildman–Crippen LogP) is 1.62. The molecule has 0 saturated heterocycles. The fraction of sp³-hybridized carbons (Fsp3) is 0. The summed E-state index contributed by atoms with van der Waals surface area (Å²) < 4.78 is 1.62. The zero-order valence-corrected chi connectivity index (χ0v) is 9.15. The average molecular weight is 228 g/mol. The van der Waals surface area contributed by atoms with Crippen LogP contribution in [0.25, 0.3) is 15.3 Å². The van der Waals surface area contributed by atoms with Crippen LogP contribution in [0.3, 0.4) is 0 Å². The molecule has 0 aliphatic carbocycles. The first-order chi connectivity index (χ1) is 7.86. The van der Waals surface area contributed by atoms with Crippen LogP contribution >= 0.6 is 11.3 Å². The van der Waals surface area contributed by atoms with Gasteiger partial charge >= 0.3 is 0 Å². The Kier molecular flexibility index (Phi) is 2.08. The van der Waals surface area contributed by atoms with E-state index in [9.17, 15) is 5.11 Å². The van der Waals surface area contributed by atoms with Crippen LogP contribution in [0.2, 0.25) is 0 Å². The summed E-state index contributed by atoms with van der Waals surface area (Å²) in [7, 11) is 0. The maximum absolute atomic E-state index is 12.1. The molecule has 0 aliphatic rings. The predicted molar refractivity (Wildman–Crippen MR) is 60.2 cm³/mol. The largest absolute Gasteiger partial charge is 0.822 e. The molecular formula is C12H8N2OS. The Morgan fingerprint density at radius 2 is 2.00 bits per heavy atom. The first kappa shape index (κ1) is 9.30. The van der Waals surface area contributed by atoms with E-state index in [-0.39, 0.29) is 5.88 Å². The molecule has 0 unspecified atom stereocenters. The molecule has 16 heavy (non-hydrogen) atoms. The average Bonchev–Trinajstić information content (AvgIpc) is 2.69. The van der Waals surface area contributed by atoms with Gasteiger partial charge in [0.15, 0.2) is 12.1 Å². The van der Waals surface area contributed by atoms with E-state index in [1.165, 1.54) is 11.3 Å². The topological polar surface area (TPSA) is 40.1 Å². The molecule has 0 atom stereocenters. The second kappa shape index (κ2) is 3.57. The molecule has 3 nitrogen and oxygen atoms in total. The summed E-state index contributed by atoms with van der Waals surface area (Å²) >= 11 is 1.46. The molecule has 1 aromatic carbocycles. The Labute approximate surface area is 96.3 Å². The highest BCUT2D eigenvalue weighted by atomic mass is 32.1. The van der Waals surface area contributed by atoms with Crippen molar-refractivity contribution in [2.45, 2.75) is 0 Å². The Bertz CT molecular complexity index is 634. The maximum Gasteiger partial charge on any atom is 0.285 e. The maximum atomic E-state index is 12.1. The van der Waals surface area contributed by atoms with Crippen molar-refractivity contribution in [2.24, 2.45) is 0 Å². The van der Waals surface area contributed by atoms with Crippen LogP contribution in [0.4, 0.5) is 0 Å². The van der Waals surface area contributed by atoms with Gasteiger partial charge in [-0.15, -0.1) is 0 Å². The molecule has 0 aliphatic heterocycles. The van der Waals surface area contributed by atoms with Crippen LogP contribution in [-0.4, -0.2) is 4.98 Å². The Morgan fingerprint density at radius 3 is 2.75 bits per heavy atom. The Morgan fingerprint density at radius 1 is 1.19 bits per heavy atom. The van der Waals surface area contributed by atoms with Gasteiger partial charge in [0.05, 0.1) is 11.1 Å². The highest BCUT2D eigenvalue weighted by molar-refractivity contribution is 7.20. The molecule has 0 spiro atoms. The number of hydrogen-bond donors (Lipinski definition) is 0. The van der Waals surface area contributed by atoms with Crippen LogP contribution < -0.4 is 9.51 Å². The SMILES string of the molecule is [O-]c1c(-c2ccccc2)sc2cncc[n+]12. The second-order valence-electron chi connectivity index (χ2n) is 3.39. The number of aromatic nitrogens is 2. The van der Waals surface area contributed by atoms with Crippen molar-refractivity contribution in [3.8, 4) is 16.3 Å².